The van der Waals surface area contributed by atoms with Gasteiger partial charge in [0.25, 0.3) is 11.8 Å². The first-order valence-electron chi connectivity index (χ1n) is 10.9. The van der Waals surface area contributed by atoms with E-state index in [2.05, 4.69) is 10.6 Å². The lowest BCUT2D eigenvalue weighted by atomic mass is 10.1. The van der Waals surface area contributed by atoms with Crippen molar-refractivity contribution >= 4 is 28.3 Å². The van der Waals surface area contributed by atoms with Gasteiger partial charge in [-0.3, -0.25) is 9.59 Å². The van der Waals surface area contributed by atoms with Crippen molar-refractivity contribution in [2.75, 3.05) is 5.32 Å². The third-order valence-electron chi connectivity index (χ3n) is 5.50. The zero-order valence-corrected chi connectivity index (χ0v) is 18.6. The fourth-order valence-corrected chi connectivity index (χ4v) is 3.67. The normalized spacial score (nSPS) is 12.5. The largest absolute Gasteiger partial charge is 0.480 e. The third kappa shape index (κ3) is 5.21. The molecule has 2 atom stereocenters. The topological polar surface area (TPSA) is 67.4 Å². The minimum atomic E-state index is -0.754. The highest BCUT2D eigenvalue weighted by Crippen LogP contribution is 2.26. The molecule has 0 radical (unpaired) electrons. The number of para-hydroxylation sites is 1. The molecule has 0 spiro atoms. The van der Waals surface area contributed by atoms with Gasteiger partial charge in [-0.25, -0.2) is 0 Å². The van der Waals surface area contributed by atoms with E-state index in [9.17, 15) is 9.59 Å². The van der Waals surface area contributed by atoms with Crippen molar-refractivity contribution < 1.29 is 14.3 Å². The number of ether oxygens (including phenoxy) is 1. The van der Waals surface area contributed by atoms with Crippen molar-refractivity contribution in [1.82, 2.24) is 5.32 Å². The summed E-state index contributed by atoms with van der Waals surface area (Å²) in [7, 11) is 0. The van der Waals surface area contributed by atoms with Crippen LogP contribution in [0.1, 0.15) is 35.8 Å². The number of fused-ring (bicyclic) bond motifs is 1. The highest BCUT2D eigenvalue weighted by atomic mass is 16.5. The molecular formula is C28H26N2O3. The predicted octanol–water partition coefficient (Wildman–Crippen LogP) is 5.74. The molecular weight excluding hydrogens is 412 g/mol. The van der Waals surface area contributed by atoms with Gasteiger partial charge in [0, 0.05) is 5.39 Å². The summed E-state index contributed by atoms with van der Waals surface area (Å²) in [6.45, 7) is 3.62. The maximum Gasteiger partial charge on any atom is 0.265 e. The number of hydrogen-bond acceptors (Lipinski definition) is 3. The first kappa shape index (κ1) is 22.1. The Morgan fingerprint density at radius 1 is 0.758 bits per heavy atom. The highest BCUT2D eigenvalue weighted by Gasteiger charge is 2.20. The van der Waals surface area contributed by atoms with Crippen LogP contribution in [0.25, 0.3) is 10.8 Å². The van der Waals surface area contributed by atoms with Crippen LogP contribution in [0.2, 0.25) is 0 Å². The van der Waals surface area contributed by atoms with Crippen LogP contribution in [-0.2, 0) is 4.79 Å². The summed E-state index contributed by atoms with van der Waals surface area (Å²) in [5, 5.41) is 7.82. The summed E-state index contributed by atoms with van der Waals surface area (Å²) in [5.74, 6) is 0.0441. The first-order valence-corrected chi connectivity index (χ1v) is 10.9. The van der Waals surface area contributed by atoms with Gasteiger partial charge >= 0.3 is 0 Å². The van der Waals surface area contributed by atoms with Gasteiger partial charge in [-0.15, -0.1) is 0 Å². The lowest BCUT2D eigenvalue weighted by Crippen LogP contribution is -2.32. The molecule has 4 aromatic rings. The molecule has 0 aliphatic carbocycles. The summed E-state index contributed by atoms with van der Waals surface area (Å²) >= 11 is 0. The summed E-state index contributed by atoms with van der Waals surface area (Å²) in [4.78, 5) is 25.8. The van der Waals surface area contributed by atoms with E-state index in [4.69, 9.17) is 4.74 Å². The molecule has 166 valence electrons. The van der Waals surface area contributed by atoms with Gasteiger partial charge in [-0.05, 0) is 43.0 Å². The fraction of sp³-hybridized carbons (Fsp3) is 0.143. The number of carbonyl (C=O) groups is 2. The Bertz CT molecular complexity index is 1270. The molecule has 33 heavy (non-hydrogen) atoms. The van der Waals surface area contributed by atoms with Crippen molar-refractivity contribution in [3.8, 4) is 5.75 Å². The second kappa shape index (κ2) is 10.0. The van der Waals surface area contributed by atoms with Crippen LogP contribution in [0.4, 0.5) is 5.69 Å². The fourth-order valence-electron chi connectivity index (χ4n) is 3.67. The Labute approximate surface area is 193 Å². The quantitative estimate of drug-likeness (QED) is 0.387. The van der Waals surface area contributed by atoms with Crippen LogP contribution in [0.15, 0.2) is 97.1 Å². The Kier molecular flexibility index (Phi) is 6.69. The first-order chi connectivity index (χ1) is 16.0. The van der Waals surface area contributed by atoms with Gasteiger partial charge in [-0.1, -0.05) is 78.9 Å². The van der Waals surface area contributed by atoms with E-state index in [1.54, 1.807) is 31.2 Å². The van der Waals surface area contributed by atoms with Crippen LogP contribution < -0.4 is 15.4 Å². The number of amides is 2. The minimum absolute atomic E-state index is 0.170. The van der Waals surface area contributed by atoms with Crippen LogP contribution in [0.5, 0.6) is 5.75 Å². The molecule has 5 nitrogen and oxygen atoms in total. The molecule has 0 fully saturated rings. The molecule has 0 aromatic heterocycles. The average Bonchev–Trinajstić information content (AvgIpc) is 2.85. The lowest BCUT2D eigenvalue weighted by molar-refractivity contribution is -0.122. The van der Waals surface area contributed by atoms with E-state index in [1.165, 1.54) is 0 Å². The third-order valence-corrected chi connectivity index (χ3v) is 5.50. The van der Waals surface area contributed by atoms with E-state index in [1.807, 2.05) is 79.7 Å². The van der Waals surface area contributed by atoms with Crippen LogP contribution in [0.3, 0.4) is 0 Å². The van der Waals surface area contributed by atoms with E-state index < -0.39 is 6.10 Å². The van der Waals surface area contributed by atoms with Crippen molar-refractivity contribution in [2.45, 2.75) is 26.0 Å². The maximum atomic E-state index is 12.9. The molecule has 0 aliphatic heterocycles. The van der Waals surface area contributed by atoms with Gasteiger partial charge in [0.2, 0.25) is 0 Å². The zero-order valence-electron chi connectivity index (χ0n) is 18.6. The molecule has 0 heterocycles. The zero-order chi connectivity index (χ0) is 23.2. The number of nitrogens with one attached hydrogen (secondary N) is 2. The van der Waals surface area contributed by atoms with Crippen LogP contribution in [-0.4, -0.2) is 17.9 Å². The van der Waals surface area contributed by atoms with Gasteiger partial charge in [0.15, 0.2) is 6.10 Å². The second-order valence-corrected chi connectivity index (χ2v) is 7.88. The smallest absolute Gasteiger partial charge is 0.265 e. The van der Waals surface area contributed by atoms with Gasteiger partial charge < -0.3 is 15.4 Å². The lowest BCUT2D eigenvalue weighted by Gasteiger charge is -2.19. The molecule has 0 bridgehead atoms. The predicted molar refractivity (Wildman–Crippen MR) is 131 cm³/mol. The van der Waals surface area contributed by atoms with E-state index in [-0.39, 0.29) is 17.9 Å². The summed E-state index contributed by atoms with van der Waals surface area (Å²) in [5.41, 5.74) is 1.84. The van der Waals surface area contributed by atoms with E-state index in [0.717, 1.165) is 16.3 Å². The number of hydrogen-bond donors (Lipinski definition) is 2. The number of rotatable bonds is 7. The molecule has 4 aromatic carbocycles. The molecule has 4 rings (SSSR count). The van der Waals surface area contributed by atoms with E-state index >= 15 is 0 Å². The SMILES string of the molecule is CC(Oc1cccc2ccccc12)C(=O)Nc1ccccc1C(=O)NC(C)c1ccccc1. The monoisotopic (exact) mass is 438 g/mol. The Balaban J connectivity index is 1.46. The van der Waals surface area contributed by atoms with Gasteiger partial charge in [0.05, 0.1) is 17.3 Å². The van der Waals surface area contributed by atoms with Crippen molar-refractivity contribution in [3.63, 3.8) is 0 Å². The highest BCUT2D eigenvalue weighted by molar-refractivity contribution is 6.04. The Morgan fingerprint density at radius 3 is 2.24 bits per heavy atom. The van der Waals surface area contributed by atoms with E-state index in [0.29, 0.717) is 17.0 Å². The van der Waals surface area contributed by atoms with Crippen molar-refractivity contribution in [2.24, 2.45) is 0 Å². The van der Waals surface area contributed by atoms with Crippen molar-refractivity contribution in [3.05, 3.63) is 108 Å². The summed E-state index contributed by atoms with van der Waals surface area (Å²) in [6, 6.07) is 30.1. The van der Waals surface area contributed by atoms with Crippen molar-refractivity contribution in [1.29, 1.82) is 0 Å². The van der Waals surface area contributed by atoms with Gasteiger partial charge in [-0.2, -0.15) is 0 Å². The molecule has 2 N–H and O–H groups in total. The standard InChI is InChI=1S/C28H26N2O3/c1-19(21-11-4-3-5-12-21)29-28(32)24-16-8-9-17-25(24)30-27(31)20(2)33-26-18-10-14-22-13-6-7-15-23(22)26/h3-20H,1-2H3,(H,29,32)(H,30,31). The Hall–Kier alpha value is -4.12. The molecule has 5 heteroatoms. The second-order valence-electron chi connectivity index (χ2n) is 7.88. The maximum absolute atomic E-state index is 12.9. The van der Waals surface area contributed by atoms with Gasteiger partial charge in [0.1, 0.15) is 5.75 Å². The molecule has 0 saturated carbocycles. The number of benzene rings is 4. The summed E-state index contributed by atoms with van der Waals surface area (Å²) < 4.78 is 5.97. The molecule has 2 unspecified atom stereocenters. The van der Waals surface area contributed by atoms with Crippen LogP contribution >= 0.6 is 0 Å². The van der Waals surface area contributed by atoms with Crippen LogP contribution in [0, 0.1) is 0 Å². The molecule has 0 saturated heterocycles. The number of anilines is 1. The number of carbonyl (C=O) groups excluding carboxylic acids is 2. The molecule has 2 amide bonds. The molecule has 0 aliphatic rings. The average molecular weight is 439 g/mol. The Morgan fingerprint density at radius 2 is 1.42 bits per heavy atom. The summed E-state index contributed by atoms with van der Waals surface area (Å²) in [6.07, 6.45) is -0.754. The minimum Gasteiger partial charge on any atom is -0.480 e.